The first-order valence-corrected chi connectivity index (χ1v) is 7.95. The molecule has 0 bridgehead atoms. The van der Waals surface area contributed by atoms with Crippen LogP contribution >= 0.6 is 11.6 Å². The lowest BCUT2D eigenvalue weighted by Gasteiger charge is -2.19. The second-order valence-electron chi connectivity index (χ2n) is 5.65. The molecule has 2 aromatic carbocycles. The van der Waals surface area contributed by atoms with Crippen LogP contribution < -0.4 is 10.7 Å². The molecule has 24 heavy (non-hydrogen) atoms. The summed E-state index contributed by atoms with van der Waals surface area (Å²) < 4.78 is 0. The molecule has 1 atom stereocenters. The maximum absolute atomic E-state index is 12.2. The number of hydrazone groups is 1. The second-order valence-corrected chi connectivity index (χ2v) is 6.06. The topological polar surface area (TPSA) is 70.6 Å². The molecule has 0 spiro atoms. The minimum absolute atomic E-state index is 0.0577. The van der Waals surface area contributed by atoms with Gasteiger partial charge in [0, 0.05) is 18.0 Å². The van der Waals surface area contributed by atoms with Crippen molar-refractivity contribution in [3.63, 3.8) is 0 Å². The number of rotatable bonds is 3. The fraction of sp³-hybridized carbons (Fsp3) is 0.167. The van der Waals surface area contributed by atoms with E-state index in [1.54, 1.807) is 36.4 Å². The number of nitrogens with zero attached hydrogens (tertiary/aromatic N) is 1. The second kappa shape index (κ2) is 6.84. The number of halogens is 1. The maximum Gasteiger partial charge on any atom is 0.257 e. The number of hydrogen-bond donors (Lipinski definition) is 2. The van der Waals surface area contributed by atoms with Crippen molar-refractivity contribution in [3.05, 3.63) is 64.7 Å². The number of carbonyl (C=O) groups is 2. The van der Waals surface area contributed by atoms with Gasteiger partial charge in [-0.3, -0.25) is 9.59 Å². The predicted octanol–water partition coefficient (Wildman–Crippen LogP) is 3.45. The molecule has 0 aliphatic carbocycles. The molecule has 6 heteroatoms. The fourth-order valence-electron chi connectivity index (χ4n) is 2.57. The Bertz CT molecular complexity index is 815. The number of benzene rings is 2. The molecular weight excluding hydrogens is 326 g/mol. The lowest BCUT2D eigenvalue weighted by molar-refractivity contribution is -0.121. The Morgan fingerprint density at radius 1 is 1.21 bits per heavy atom. The van der Waals surface area contributed by atoms with E-state index < -0.39 is 0 Å². The molecule has 2 amide bonds. The van der Waals surface area contributed by atoms with Crippen molar-refractivity contribution < 1.29 is 9.59 Å². The molecule has 0 aromatic heterocycles. The van der Waals surface area contributed by atoms with Crippen LogP contribution in [0.25, 0.3) is 0 Å². The van der Waals surface area contributed by atoms with E-state index in [2.05, 4.69) is 15.8 Å². The van der Waals surface area contributed by atoms with Gasteiger partial charge in [-0.2, -0.15) is 5.10 Å². The number of amides is 2. The number of hydrogen-bond acceptors (Lipinski definition) is 3. The minimum Gasteiger partial charge on any atom is -0.322 e. The van der Waals surface area contributed by atoms with Crippen LogP contribution in [0.5, 0.6) is 0 Å². The third-order valence-corrected chi connectivity index (χ3v) is 4.15. The summed E-state index contributed by atoms with van der Waals surface area (Å²) in [5.41, 5.74) is 5.34. The molecule has 2 aromatic rings. The first-order chi connectivity index (χ1) is 11.5. The van der Waals surface area contributed by atoms with Crippen LogP contribution in [-0.2, 0) is 4.79 Å². The Hall–Kier alpha value is -2.66. The van der Waals surface area contributed by atoms with Gasteiger partial charge < -0.3 is 5.32 Å². The molecule has 2 N–H and O–H groups in total. The summed E-state index contributed by atoms with van der Waals surface area (Å²) in [5, 5.41) is 7.35. The highest BCUT2D eigenvalue weighted by Crippen LogP contribution is 2.20. The first kappa shape index (κ1) is 16.2. The average molecular weight is 342 g/mol. The van der Waals surface area contributed by atoms with Gasteiger partial charge in [0.2, 0.25) is 5.91 Å². The Labute approximate surface area is 144 Å². The van der Waals surface area contributed by atoms with Gasteiger partial charge in [0.15, 0.2) is 0 Å². The highest BCUT2D eigenvalue weighted by atomic mass is 35.5. The van der Waals surface area contributed by atoms with Crippen LogP contribution in [0, 0.1) is 5.92 Å². The summed E-state index contributed by atoms with van der Waals surface area (Å²) in [6.07, 6.45) is 0.420. The van der Waals surface area contributed by atoms with Gasteiger partial charge in [-0.05, 0) is 29.8 Å². The lowest BCUT2D eigenvalue weighted by Crippen LogP contribution is -2.31. The van der Waals surface area contributed by atoms with Gasteiger partial charge in [-0.15, -0.1) is 0 Å². The third-order valence-electron chi connectivity index (χ3n) is 3.82. The molecule has 1 aliphatic heterocycles. The molecule has 3 rings (SSSR count). The smallest absolute Gasteiger partial charge is 0.257 e. The van der Waals surface area contributed by atoms with Gasteiger partial charge in [-0.1, -0.05) is 42.8 Å². The van der Waals surface area contributed by atoms with E-state index in [1.807, 2.05) is 19.1 Å². The van der Waals surface area contributed by atoms with Crippen LogP contribution in [-0.4, -0.2) is 17.5 Å². The molecule has 1 heterocycles. The van der Waals surface area contributed by atoms with Crippen LogP contribution in [0.1, 0.15) is 29.3 Å². The van der Waals surface area contributed by atoms with Crippen molar-refractivity contribution in [1.29, 1.82) is 0 Å². The lowest BCUT2D eigenvalue weighted by atomic mass is 9.94. The Morgan fingerprint density at radius 3 is 2.58 bits per heavy atom. The number of nitrogens with one attached hydrogen (secondary N) is 2. The standard InChI is InChI=1S/C18H16ClN3O2/c1-11-10-16(23)21-22-17(11)12-6-8-13(9-7-12)20-18(24)14-4-2-3-5-15(14)19/h2-9,11H,10H2,1H3,(H,20,24)(H,21,23). The molecule has 0 saturated carbocycles. The summed E-state index contributed by atoms with van der Waals surface area (Å²) in [7, 11) is 0. The minimum atomic E-state index is -0.260. The van der Waals surface area contributed by atoms with E-state index in [1.165, 1.54) is 0 Å². The summed E-state index contributed by atoms with van der Waals surface area (Å²) in [5.74, 6) is -0.277. The quantitative estimate of drug-likeness (QED) is 0.897. The van der Waals surface area contributed by atoms with E-state index in [9.17, 15) is 9.59 Å². The Balaban J connectivity index is 1.75. The maximum atomic E-state index is 12.2. The first-order valence-electron chi connectivity index (χ1n) is 7.57. The van der Waals surface area contributed by atoms with E-state index in [0.29, 0.717) is 22.7 Å². The molecule has 1 aliphatic rings. The highest BCUT2D eigenvalue weighted by Gasteiger charge is 2.21. The molecule has 0 fully saturated rings. The van der Waals surface area contributed by atoms with Crippen LogP contribution in [0.2, 0.25) is 5.02 Å². The Kier molecular flexibility index (Phi) is 4.62. The zero-order valence-corrected chi connectivity index (χ0v) is 13.8. The highest BCUT2D eigenvalue weighted by molar-refractivity contribution is 6.34. The van der Waals surface area contributed by atoms with Crippen molar-refractivity contribution in [2.45, 2.75) is 13.3 Å². The molecule has 0 radical (unpaired) electrons. The normalized spacial score (nSPS) is 17.0. The monoisotopic (exact) mass is 341 g/mol. The van der Waals surface area contributed by atoms with Crippen LogP contribution in [0.4, 0.5) is 5.69 Å². The summed E-state index contributed by atoms with van der Waals surface area (Å²) in [6.45, 7) is 1.96. The summed E-state index contributed by atoms with van der Waals surface area (Å²) >= 11 is 6.03. The zero-order chi connectivity index (χ0) is 17.1. The van der Waals surface area contributed by atoms with E-state index in [0.717, 1.165) is 11.3 Å². The average Bonchev–Trinajstić information content (AvgIpc) is 2.56. The summed E-state index contributed by atoms with van der Waals surface area (Å²) in [6, 6.07) is 14.2. The predicted molar refractivity (Wildman–Crippen MR) is 94.3 cm³/mol. The van der Waals surface area contributed by atoms with E-state index >= 15 is 0 Å². The number of anilines is 1. The largest absolute Gasteiger partial charge is 0.322 e. The van der Waals surface area contributed by atoms with Gasteiger partial charge in [0.05, 0.1) is 16.3 Å². The zero-order valence-electron chi connectivity index (χ0n) is 13.0. The summed E-state index contributed by atoms with van der Waals surface area (Å²) in [4.78, 5) is 23.6. The third kappa shape index (κ3) is 3.46. The van der Waals surface area contributed by atoms with Crippen molar-refractivity contribution >= 4 is 34.8 Å². The molecule has 5 nitrogen and oxygen atoms in total. The van der Waals surface area contributed by atoms with Gasteiger partial charge in [-0.25, -0.2) is 5.43 Å². The molecule has 1 unspecified atom stereocenters. The molecular formula is C18H16ClN3O2. The number of carbonyl (C=O) groups excluding carboxylic acids is 2. The molecule has 0 saturated heterocycles. The van der Waals surface area contributed by atoms with Gasteiger partial charge in [0.1, 0.15) is 0 Å². The van der Waals surface area contributed by atoms with Crippen molar-refractivity contribution in [3.8, 4) is 0 Å². The van der Waals surface area contributed by atoms with Crippen molar-refractivity contribution in [2.75, 3.05) is 5.32 Å². The van der Waals surface area contributed by atoms with Gasteiger partial charge in [0.25, 0.3) is 5.91 Å². The van der Waals surface area contributed by atoms with Crippen LogP contribution in [0.15, 0.2) is 53.6 Å². The van der Waals surface area contributed by atoms with Crippen molar-refractivity contribution in [1.82, 2.24) is 5.43 Å². The van der Waals surface area contributed by atoms with E-state index in [-0.39, 0.29) is 17.7 Å². The van der Waals surface area contributed by atoms with Crippen LogP contribution in [0.3, 0.4) is 0 Å². The van der Waals surface area contributed by atoms with Gasteiger partial charge >= 0.3 is 0 Å². The SMILES string of the molecule is CC1CC(=O)NN=C1c1ccc(NC(=O)c2ccccc2Cl)cc1. The Morgan fingerprint density at radius 2 is 1.92 bits per heavy atom. The van der Waals surface area contributed by atoms with Crippen molar-refractivity contribution in [2.24, 2.45) is 11.0 Å². The molecule has 122 valence electrons. The fourth-order valence-corrected chi connectivity index (χ4v) is 2.79. The van der Waals surface area contributed by atoms with E-state index in [4.69, 9.17) is 11.6 Å².